The minimum atomic E-state index is -3.11. The van der Waals surface area contributed by atoms with Gasteiger partial charge >= 0.3 is 5.97 Å². The van der Waals surface area contributed by atoms with Gasteiger partial charge in [-0.05, 0) is 43.5 Å². The van der Waals surface area contributed by atoms with Crippen molar-refractivity contribution in [1.82, 2.24) is 4.90 Å². The molecular formula is C18H23NO6S. The Bertz CT molecular complexity index is 767. The highest BCUT2D eigenvalue weighted by atomic mass is 32.2. The summed E-state index contributed by atoms with van der Waals surface area (Å²) in [5.74, 6) is -0.870. The van der Waals surface area contributed by atoms with Crippen LogP contribution in [0.3, 0.4) is 0 Å². The topological polar surface area (TPSA) is 101 Å². The van der Waals surface area contributed by atoms with Gasteiger partial charge < -0.3 is 14.7 Å². The lowest BCUT2D eigenvalue weighted by Gasteiger charge is -2.33. The van der Waals surface area contributed by atoms with Crippen molar-refractivity contribution in [3.8, 4) is 5.75 Å². The highest BCUT2D eigenvalue weighted by molar-refractivity contribution is 7.91. The van der Waals surface area contributed by atoms with Gasteiger partial charge in [0.2, 0.25) is 0 Å². The van der Waals surface area contributed by atoms with E-state index in [0.29, 0.717) is 6.42 Å². The number of rotatable bonds is 5. The van der Waals surface area contributed by atoms with Crippen molar-refractivity contribution in [2.75, 3.05) is 18.1 Å². The molecule has 1 aliphatic carbocycles. The highest BCUT2D eigenvalue weighted by Gasteiger charge is 2.39. The van der Waals surface area contributed by atoms with Crippen molar-refractivity contribution >= 4 is 21.7 Å². The maximum atomic E-state index is 12.7. The fourth-order valence-corrected chi connectivity index (χ4v) is 5.48. The third kappa shape index (κ3) is 4.35. The van der Waals surface area contributed by atoms with Gasteiger partial charge in [-0.3, -0.25) is 4.79 Å². The fourth-order valence-electron chi connectivity index (χ4n) is 3.77. The molecule has 3 rings (SSSR count). The molecule has 0 spiro atoms. The molecule has 0 radical (unpaired) electrons. The molecule has 1 amide bonds. The number of carbonyl (C=O) groups is 2. The molecule has 1 aliphatic heterocycles. The summed E-state index contributed by atoms with van der Waals surface area (Å²) in [5, 5.41) is 9.25. The summed E-state index contributed by atoms with van der Waals surface area (Å²) >= 11 is 0. The van der Waals surface area contributed by atoms with Gasteiger partial charge in [-0.1, -0.05) is 12.8 Å². The molecule has 142 valence electrons. The first-order valence-electron chi connectivity index (χ1n) is 8.83. The molecule has 0 aromatic heterocycles. The summed E-state index contributed by atoms with van der Waals surface area (Å²) in [6, 6.07) is 5.26. The zero-order valence-electron chi connectivity index (χ0n) is 14.5. The Balaban J connectivity index is 1.65. The van der Waals surface area contributed by atoms with Gasteiger partial charge in [0.15, 0.2) is 16.4 Å². The average molecular weight is 381 g/mol. The van der Waals surface area contributed by atoms with E-state index >= 15 is 0 Å². The normalized spacial score (nSPS) is 22.2. The Morgan fingerprint density at radius 1 is 1.08 bits per heavy atom. The lowest BCUT2D eigenvalue weighted by atomic mass is 10.1. The molecule has 1 heterocycles. The van der Waals surface area contributed by atoms with Crippen molar-refractivity contribution in [2.45, 2.75) is 44.2 Å². The van der Waals surface area contributed by atoms with E-state index in [1.54, 1.807) is 4.90 Å². The first-order valence-corrected chi connectivity index (χ1v) is 10.7. The van der Waals surface area contributed by atoms with Crippen LogP contribution in [0.5, 0.6) is 5.75 Å². The fraction of sp³-hybridized carbons (Fsp3) is 0.556. The van der Waals surface area contributed by atoms with Gasteiger partial charge in [0.25, 0.3) is 5.91 Å². The van der Waals surface area contributed by atoms with Gasteiger partial charge in [0, 0.05) is 12.1 Å². The number of ether oxygens (including phenoxy) is 1. The molecule has 1 unspecified atom stereocenters. The predicted molar refractivity (Wildman–Crippen MR) is 94.6 cm³/mol. The van der Waals surface area contributed by atoms with Crippen LogP contribution >= 0.6 is 0 Å². The SMILES string of the molecule is O=C(OCC(=O)N(C1CCCC1)C1CCS(=O)(=O)C1)c1ccc(O)cc1. The van der Waals surface area contributed by atoms with Crippen molar-refractivity contribution < 1.29 is 27.9 Å². The number of carbonyl (C=O) groups excluding carboxylic acids is 2. The van der Waals surface area contributed by atoms with Crippen molar-refractivity contribution in [1.29, 1.82) is 0 Å². The van der Waals surface area contributed by atoms with E-state index in [1.165, 1.54) is 24.3 Å². The van der Waals surface area contributed by atoms with Crippen LogP contribution in [0.4, 0.5) is 0 Å². The van der Waals surface area contributed by atoms with Crippen molar-refractivity contribution in [2.24, 2.45) is 0 Å². The first kappa shape index (κ1) is 18.7. The van der Waals surface area contributed by atoms with E-state index in [0.717, 1.165) is 25.7 Å². The van der Waals surface area contributed by atoms with E-state index in [2.05, 4.69) is 0 Å². The quantitative estimate of drug-likeness (QED) is 0.776. The molecule has 1 aromatic carbocycles. The number of phenols is 1. The molecule has 7 nitrogen and oxygen atoms in total. The average Bonchev–Trinajstić information content (AvgIpc) is 3.24. The number of aromatic hydroxyl groups is 1. The molecule has 1 saturated heterocycles. The molecule has 2 fully saturated rings. The zero-order chi connectivity index (χ0) is 18.7. The number of hydrogen-bond acceptors (Lipinski definition) is 6. The van der Waals surface area contributed by atoms with Gasteiger partial charge in [-0.15, -0.1) is 0 Å². The second-order valence-corrected chi connectivity index (χ2v) is 9.15. The van der Waals surface area contributed by atoms with Gasteiger partial charge in [0.1, 0.15) is 5.75 Å². The van der Waals surface area contributed by atoms with E-state index in [4.69, 9.17) is 4.74 Å². The number of benzene rings is 1. The Labute approximate surface area is 152 Å². The van der Waals surface area contributed by atoms with Crippen LogP contribution in [-0.2, 0) is 19.4 Å². The van der Waals surface area contributed by atoms with E-state index < -0.39 is 22.4 Å². The lowest BCUT2D eigenvalue weighted by molar-refractivity contribution is -0.139. The summed E-state index contributed by atoms with van der Waals surface area (Å²) in [6.07, 6.45) is 4.18. The molecule has 1 atom stereocenters. The van der Waals surface area contributed by atoms with Crippen molar-refractivity contribution in [3.63, 3.8) is 0 Å². The van der Waals surface area contributed by atoms with E-state index in [-0.39, 0.29) is 40.8 Å². The Hall–Kier alpha value is -2.09. The largest absolute Gasteiger partial charge is 0.508 e. The zero-order valence-corrected chi connectivity index (χ0v) is 15.3. The smallest absolute Gasteiger partial charge is 0.338 e. The van der Waals surface area contributed by atoms with Crippen molar-refractivity contribution in [3.05, 3.63) is 29.8 Å². The monoisotopic (exact) mass is 381 g/mol. The molecule has 1 aromatic rings. The van der Waals surface area contributed by atoms with Crippen LogP contribution < -0.4 is 0 Å². The molecule has 26 heavy (non-hydrogen) atoms. The Morgan fingerprint density at radius 2 is 1.73 bits per heavy atom. The maximum Gasteiger partial charge on any atom is 0.338 e. The van der Waals surface area contributed by atoms with E-state index in [9.17, 15) is 23.1 Å². The summed E-state index contributed by atoms with van der Waals surface area (Å²) in [4.78, 5) is 26.4. The van der Waals surface area contributed by atoms with Crippen LogP contribution in [0.2, 0.25) is 0 Å². The van der Waals surface area contributed by atoms with Gasteiger partial charge in [0.05, 0.1) is 17.1 Å². The second-order valence-electron chi connectivity index (χ2n) is 6.92. The number of sulfone groups is 1. The Kier molecular flexibility index (Phi) is 5.50. The van der Waals surface area contributed by atoms with E-state index in [1.807, 2.05) is 0 Å². The third-order valence-corrected chi connectivity index (χ3v) is 6.79. The minimum Gasteiger partial charge on any atom is -0.508 e. The molecule has 1 N–H and O–H groups in total. The minimum absolute atomic E-state index is 0.0127. The van der Waals surface area contributed by atoms with Crippen LogP contribution in [0.15, 0.2) is 24.3 Å². The van der Waals surface area contributed by atoms with Crippen LogP contribution in [0.25, 0.3) is 0 Å². The number of hydrogen-bond donors (Lipinski definition) is 1. The predicted octanol–water partition coefficient (Wildman–Crippen LogP) is 1.51. The third-order valence-electron chi connectivity index (χ3n) is 5.04. The van der Waals surface area contributed by atoms with Crippen LogP contribution in [0, 0.1) is 0 Å². The van der Waals surface area contributed by atoms with Crippen LogP contribution in [-0.4, -0.2) is 60.5 Å². The molecular weight excluding hydrogens is 358 g/mol. The molecule has 0 bridgehead atoms. The lowest BCUT2D eigenvalue weighted by Crippen LogP contribution is -2.48. The number of esters is 1. The number of nitrogens with zero attached hydrogens (tertiary/aromatic N) is 1. The van der Waals surface area contributed by atoms with Gasteiger partial charge in [-0.25, -0.2) is 13.2 Å². The number of amides is 1. The maximum absolute atomic E-state index is 12.7. The first-order chi connectivity index (χ1) is 12.4. The summed E-state index contributed by atoms with van der Waals surface area (Å²) in [5.41, 5.74) is 0.242. The number of phenolic OH excluding ortho intramolecular Hbond substituents is 1. The highest BCUT2D eigenvalue weighted by Crippen LogP contribution is 2.29. The van der Waals surface area contributed by atoms with Crippen LogP contribution in [0.1, 0.15) is 42.5 Å². The van der Waals surface area contributed by atoms with Gasteiger partial charge in [-0.2, -0.15) is 0 Å². The molecule has 2 aliphatic rings. The second kappa shape index (κ2) is 7.65. The summed E-state index contributed by atoms with van der Waals surface area (Å²) in [6.45, 7) is -0.410. The Morgan fingerprint density at radius 3 is 2.31 bits per heavy atom. The summed E-state index contributed by atoms with van der Waals surface area (Å²) < 4.78 is 28.8. The molecule has 1 saturated carbocycles. The standard InChI is InChI=1S/C18H23NO6S/c20-16-7-5-13(6-8-16)18(22)25-11-17(21)19(14-3-1-2-4-14)15-9-10-26(23,24)12-15/h5-8,14-15,20H,1-4,9-12H2. The molecule has 8 heteroatoms. The summed E-state index contributed by atoms with van der Waals surface area (Å²) in [7, 11) is -3.11.